The second-order valence-corrected chi connectivity index (χ2v) is 6.34. The normalized spacial score (nSPS) is 12.0. The Balaban J connectivity index is 1.85. The molecule has 0 aliphatic heterocycles. The molecule has 2 aromatic carbocycles. The van der Waals surface area contributed by atoms with E-state index in [0.29, 0.717) is 28.8 Å². The van der Waals surface area contributed by atoms with Gasteiger partial charge in [-0.15, -0.1) is 10.2 Å². The molecule has 5 nitrogen and oxygen atoms in total. The number of rotatable bonds is 5. The Morgan fingerprint density at radius 2 is 1.92 bits per heavy atom. The number of nitrogens with zero attached hydrogens (tertiary/aromatic N) is 2. The zero-order chi connectivity index (χ0) is 17.8. The van der Waals surface area contributed by atoms with Crippen LogP contribution in [-0.4, -0.2) is 16.1 Å². The highest BCUT2D eigenvalue weighted by atomic mass is 35.5. The number of carbonyl (C=O) groups excluding carboxylic acids is 1. The van der Waals surface area contributed by atoms with Crippen molar-refractivity contribution in [3.8, 4) is 0 Å². The van der Waals surface area contributed by atoms with Crippen LogP contribution in [0.25, 0.3) is 0 Å². The first-order valence-electron chi connectivity index (χ1n) is 7.63. The van der Waals surface area contributed by atoms with Crippen LogP contribution in [0.4, 0.5) is 0 Å². The summed E-state index contributed by atoms with van der Waals surface area (Å²) in [6.45, 7) is 1.70. The van der Waals surface area contributed by atoms with Crippen molar-refractivity contribution in [2.75, 3.05) is 0 Å². The predicted octanol–water partition coefficient (Wildman–Crippen LogP) is 4.40. The summed E-state index contributed by atoms with van der Waals surface area (Å²) in [7, 11) is 0. The summed E-state index contributed by atoms with van der Waals surface area (Å²) in [5, 5.41) is 11.5. The van der Waals surface area contributed by atoms with Crippen molar-refractivity contribution in [1.29, 1.82) is 0 Å². The number of aryl methyl sites for hydroxylation is 1. The summed E-state index contributed by atoms with van der Waals surface area (Å²) in [6, 6.07) is 14.0. The third-order valence-corrected chi connectivity index (χ3v) is 4.15. The van der Waals surface area contributed by atoms with Gasteiger partial charge in [0.2, 0.25) is 11.8 Å². The fraction of sp³-hybridized carbons (Fsp3) is 0.167. The Bertz CT molecular complexity index is 881. The topological polar surface area (TPSA) is 68.0 Å². The number of benzene rings is 2. The third-order valence-electron chi connectivity index (χ3n) is 3.60. The SMILES string of the molecule is Cc1nnc(C(Cc2ccccc2)NC(=O)c2ccc(Cl)cc2Cl)o1. The van der Waals surface area contributed by atoms with Gasteiger partial charge in [-0.25, -0.2) is 0 Å². The molecule has 25 heavy (non-hydrogen) atoms. The first kappa shape index (κ1) is 17.5. The summed E-state index contributed by atoms with van der Waals surface area (Å²) < 4.78 is 5.51. The second kappa shape index (κ2) is 7.68. The van der Waals surface area contributed by atoms with E-state index in [1.165, 1.54) is 6.07 Å². The third kappa shape index (κ3) is 4.38. The number of nitrogens with one attached hydrogen (secondary N) is 1. The average Bonchev–Trinajstić information content (AvgIpc) is 3.01. The first-order valence-corrected chi connectivity index (χ1v) is 8.38. The van der Waals surface area contributed by atoms with Gasteiger partial charge < -0.3 is 9.73 Å². The molecule has 1 N–H and O–H groups in total. The quantitative estimate of drug-likeness (QED) is 0.717. The van der Waals surface area contributed by atoms with Gasteiger partial charge in [0, 0.05) is 18.4 Å². The fourth-order valence-electron chi connectivity index (χ4n) is 2.41. The van der Waals surface area contributed by atoms with Crippen molar-refractivity contribution in [2.24, 2.45) is 0 Å². The Kier molecular flexibility index (Phi) is 5.36. The molecular weight excluding hydrogens is 361 g/mol. The van der Waals surface area contributed by atoms with E-state index in [0.717, 1.165) is 5.56 Å². The maximum Gasteiger partial charge on any atom is 0.253 e. The monoisotopic (exact) mass is 375 g/mol. The van der Waals surface area contributed by atoms with E-state index in [4.69, 9.17) is 27.6 Å². The molecule has 1 atom stereocenters. The van der Waals surface area contributed by atoms with Crippen LogP contribution in [0.1, 0.15) is 33.7 Å². The largest absolute Gasteiger partial charge is 0.423 e. The zero-order valence-electron chi connectivity index (χ0n) is 13.4. The van der Waals surface area contributed by atoms with Crippen molar-refractivity contribution in [3.05, 3.63) is 81.5 Å². The lowest BCUT2D eigenvalue weighted by atomic mass is 10.1. The lowest BCUT2D eigenvalue weighted by molar-refractivity contribution is 0.0930. The maximum atomic E-state index is 12.6. The number of hydrogen-bond donors (Lipinski definition) is 1. The molecule has 128 valence electrons. The van der Waals surface area contributed by atoms with E-state index in [1.807, 2.05) is 30.3 Å². The minimum atomic E-state index is -0.470. The standard InChI is InChI=1S/C18H15Cl2N3O2/c1-11-22-23-18(25-11)16(9-12-5-3-2-4-6-12)21-17(24)14-8-7-13(19)10-15(14)20/h2-8,10,16H,9H2,1H3,(H,21,24). The molecule has 1 aromatic heterocycles. The summed E-state index contributed by atoms with van der Waals surface area (Å²) in [5.41, 5.74) is 1.37. The van der Waals surface area contributed by atoms with Crippen LogP contribution in [0, 0.1) is 6.92 Å². The van der Waals surface area contributed by atoms with Gasteiger partial charge in [-0.05, 0) is 23.8 Å². The molecule has 0 saturated carbocycles. The van der Waals surface area contributed by atoms with Gasteiger partial charge in [-0.1, -0.05) is 53.5 Å². The minimum absolute atomic E-state index is 0.283. The molecule has 0 saturated heterocycles. The van der Waals surface area contributed by atoms with Crippen LogP contribution in [0.15, 0.2) is 52.9 Å². The molecule has 1 heterocycles. The van der Waals surface area contributed by atoms with Gasteiger partial charge in [0.25, 0.3) is 5.91 Å². The summed E-state index contributed by atoms with van der Waals surface area (Å²) in [4.78, 5) is 12.6. The Morgan fingerprint density at radius 3 is 2.56 bits per heavy atom. The van der Waals surface area contributed by atoms with E-state index in [2.05, 4.69) is 15.5 Å². The fourth-order valence-corrected chi connectivity index (χ4v) is 2.91. The van der Waals surface area contributed by atoms with Gasteiger partial charge in [-0.2, -0.15) is 0 Å². The lowest BCUT2D eigenvalue weighted by Gasteiger charge is -2.16. The summed E-state index contributed by atoms with van der Waals surface area (Å²) in [5.74, 6) is 0.449. The highest BCUT2D eigenvalue weighted by Crippen LogP contribution is 2.23. The molecule has 0 radical (unpaired) electrons. The van der Waals surface area contributed by atoms with E-state index < -0.39 is 6.04 Å². The molecule has 3 rings (SSSR count). The Morgan fingerprint density at radius 1 is 1.16 bits per heavy atom. The number of carbonyl (C=O) groups is 1. The zero-order valence-corrected chi connectivity index (χ0v) is 14.9. The smallest absolute Gasteiger partial charge is 0.253 e. The van der Waals surface area contributed by atoms with Crippen molar-refractivity contribution in [2.45, 2.75) is 19.4 Å². The molecule has 1 unspecified atom stereocenters. The van der Waals surface area contributed by atoms with Gasteiger partial charge in [0.15, 0.2) is 0 Å². The van der Waals surface area contributed by atoms with Gasteiger partial charge in [-0.3, -0.25) is 4.79 Å². The van der Waals surface area contributed by atoms with Gasteiger partial charge in [0.05, 0.1) is 10.6 Å². The summed E-state index contributed by atoms with van der Waals surface area (Å²) in [6.07, 6.45) is 0.513. The van der Waals surface area contributed by atoms with Crippen molar-refractivity contribution in [1.82, 2.24) is 15.5 Å². The highest BCUT2D eigenvalue weighted by Gasteiger charge is 2.22. The first-order chi connectivity index (χ1) is 12.0. The maximum absolute atomic E-state index is 12.6. The van der Waals surface area contributed by atoms with Crippen molar-refractivity contribution < 1.29 is 9.21 Å². The van der Waals surface area contributed by atoms with Crippen LogP contribution in [0.5, 0.6) is 0 Å². The van der Waals surface area contributed by atoms with Crippen LogP contribution < -0.4 is 5.32 Å². The highest BCUT2D eigenvalue weighted by molar-refractivity contribution is 6.36. The van der Waals surface area contributed by atoms with Crippen LogP contribution in [0.3, 0.4) is 0 Å². The second-order valence-electron chi connectivity index (χ2n) is 5.50. The van der Waals surface area contributed by atoms with Gasteiger partial charge >= 0.3 is 0 Å². The average molecular weight is 376 g/mol. The Labute approximate surface area is 155 Å². The van der Waals surface area contributed by atoms with Crippen LogP contribution in [-0.2, 0) is 6.42 Å². The summed E-state index contributed by atoms with van der Waals surface area (Å²) >= 11 is 12.0. The van der Waals surface area contributed by atoms with E-state index >= 15 is 0 Å². The molecule has 1 amide bonds. The number of halogens is 2. The Hall–Kier alpha value is -2.37. The molecular formula is C18H15Cl2N3O2. The molecule has 0 aliphatic rings. The van der Waals surface area contributed by atoms with Crippen LogP contribution >= 0.6 is 23.2 Å². The van der Waals surface area contributed by atoms with Crippen molar-refractivity contribution >= 4 is 29.1 Å². The molecule has 0 bridgehead atoms. The predicted molar refractivity (Wildman–Crippen MR) is 95.9 cm³/mol. The number of aromatic nitrogens is 2. The number of amides is 1. The lowest BCUT2D eigenvalue weighted by Crippen LogP contribution is -2.30. The van der Waals surface area contributed by atoms with E-state index in [9.17, 15) is 4.79 Å². The van der Waals surface area contributed by atoms with Crippen LogP contribution in [0.2, 0.25) is 10.0 Å². The van der Waals surface area contributed by atoms with Crippen molar-refractivity contribution in [3.63, 3.8) is 0 Å². The van der Waals surface area contributed by atoms with E-state index in [-0.39, 0.29) is 10.9 Å². The minimum Gasteiger partial charge on any atom is -0.423 e. The molecule has 3 aromatic rings. The molecule has 7 heteroatoms. The molecule has 0 fully saturated rings. The van der Waals surface area contributed by atoms with Gasteiger partial charge in [0.1, 0.15) is 6.04 Å². The molecule has 0 spiro atoms. The molecule has 0 aliphatic carbocycles. The van der Waals surface area contributed by atoms with E-state index in [1.54, 1.807) is 19.1 Å². The number of hydrogen-bond acceptors (Lipinski definition) is 4.